The second-order valence-corrected chi connectivity index (χ2v) is 8.99. The molecule has 30 heavy (non-hydrogen) atoms. The third kappa shape index (κ3) is 4.86. The normalized spacial score (nSPS) is 19.2. The molecule has 6 heteroatoms. The summed E-state index contributed by atoms with van der Waals surface area (Å²) in [5, 5.41) is 11.4. The summed E-state index contributed by atoms with van der Waals surface area (Å²) in [6, 6.07) is 9.33. The van der Waals surface area contributed by atoms with E-state index in [1.807, 2.05) is 23.9 Å². The number of nitrogens with zero attached hydrogens (tertiary/aromatic N) is 3. The molecule has 162 valence electrons. The molecule has 2 N–H and O–H groups in total. The molecule has 2 aliphatic rings. The number of rotatable bonds is 6. The molecule has 1 aliphatic heterocycles. The summed E-state index contributed by atoms with van der Waals surface area (Å²) in [6.07, 6.45) is 9.05. The number of aryl methyl sites for hydroxylation is 2. The molecule has 2 fully saturated rings. The molecule has 1 atom stereocenters. The van der Waals surface area contributed by atoms with E-state index in [1.165, 1.54) is 24.1 Å². The molecule has 1 amide bonds. The molecule has 0 spiro atoms. The topological polar surface area (TPSA) is 62.2 Å². The van der Waals surface area contributed by atoms with E-state index < -0.39 is 0 Å². The lowest BCUT2D eigenvalue weighted by atomic mass is 10.0. The second kappa shape index (κ2) is 9.21. The molecule has 1 aromatic carbocycles. The summed E-state index contributed by atoms with van der Waals surface area (Å²) in [5.41, 5.74) is 4.36. The van der Waals surface area contributed by atoms with Crippen LogP contribution in [0.25, 0.3) is 0 Å². The van der Waals surface area contributed by atoms with Crippen LogP contribution in [-0.4, -0.2) is 40.9 Å². The first-order chi connectivity index (χ1) is 14.5. The molecular weight excluding hydrogens is 374 g/mol. The van der Waals surface area contributed by atoms with Gasteiger partial charge in [-0.3, -0.25) is 9.48 Å². The van der Waals surface area contributed by atoms with E-state index >= 15 is 0 Å². The number of hydrogen-bond acceptors (Lipinski definition) is 4. The lowest BCUT2D eigenvalue weighted by Gasteiger charge is -2.35. The van der Waals surface area contributed by atoms with E-state index in [-0.39, 0.29) is 5.91 Å². The fraction of sp³-hybridized carbons (Fsp3) is 0.583. The third-order valence-electron chi connectivity index (χ3n) is 6.68. The maximum Gasteiger partial charge on any atom is 0.251 e. The molecule has 0 radical (unpaired) electrons. The van der Waals surface area contributed by atoms with Crippen molar-refractivity contribution < 1.29 is 4.79 Å². The number of amides is 1. The Morgan fingerprint density at radius 2 is 1.73 bits per heavy atom. The Morgan fingerprint density at radius 3 is 2.33 bits per heavy atom. The smallest absolute Gasteiger partial charge is 0.251 e. The SMILES string of the molecule is Cc1nn(C)cc1C(C)NC1CCN(c2ccc(C(=O)NC3CCCC3)cc2)CC1. The molecule has 1 unspecified atom stereocenters. The van der Waals surface area contributed by atoms with Crippen LogP contribution in [0.5, 0.6) is 0 Å². The van der Waals surface area contributed by atoms with Crippen LogP contribution in [0.15, 0.2) is 30.5 Å². The average molecular weight is 410 g/mol. The Labute approximate surface area is 180 Å². The third-order valence-corrected chi connectivity index (χ3v) is 6.68. The molecule has 1 aromatic heterocycles. The van der Waals surface area contributed by atoms with E-state index in [9.17, 15) is 4.79 Å². The number of anilines is 1. The summed E-state index contributed by atoms with van der Waals surface area (Å²) < 4.78 is 1.89. The Balaban J connectivity index is 1.27. The highest BCUT2D eigenvalue weighted by Gasteiger charge is 2.23. The second-order valence-electron chi connectivity index (χ2n) is 8.99. The fourth-order valence-electron chi connectivity index (χ4n) is 4.95. The highest BCUT2D eigenvalue weighted by atomic mass is 16.1. The van der Waals surface area contributed by atoms with E-state index in [0.29, 0.717) is 18.1 Å². The van der Waals surface area contributed by atoms with E-state index in [4.69, 9.17) is 0 Å². The van der Waals surface area contributed by atoms with Gasteiger partial charge in [0.25, 0.3) is 5.91 Å². The van der Waals surface area contributed by atoms with Gasteiger partial charge < -0.3 is 15.5 Å². The van der Waals surface area contributed by atoms with Gasteiger partial charge in [0.15, 0.2) is 0 Å². The minimum atomic E-state index is 0.0658. The molecule has 2 aromatic rings. The number of carbonyl (C=O) groups excluding carboxylic acids is 1. The summed E-state index contributed by atoms with van der Waals surface area (Å²) in [6.45, 7) is 6.37. The monoisotopic (exact) mass is 409 g/mol. The minimum Gasteiger partial charge on any atom is -0.371 e. The number of piperidine rings is 1. The van der Waals surface area contributed by atoms with E-state index in [1.54, 1.807) is 0 Å². The molecule has 6 nitrogen and oxygen atoms in total. The van der Waals surface area contributed by atoms with Crippen molar-refractivity contribution in [3.8, 4) is 0 Å². The van der Waals surface area contributed by atoms with Crippen LogP contribution < -0.4 is 15.5 Å². The van der Waals surface area contributed by atoms with Crippen molar-refractivity contribution in [3.63, 3.8) is 0 Å². The molecule has 4 rings (SSSR count). The molecule has 1 aliphatic carbocycles. The molecule has 2 heterocycles. The summed E-state index contributed by atoms with van der Waals surface area (Å²) in [4.78, 5) is 14.9. The average Bonchev–Trinajstić information content (AvgIpc) is 3.37. The van der Waals surface area contributed by atoms with Gasteiger partial charge >= 0.3 is 0 Å². The van der Waals surface area contributed by atoms with Crippen LogP contribution in [0.3, 0.4) is 0 Å². The zero-order chi connectivity index (χ0) is 21.1. The largest absolute Gasteiger partial charge is 0.371 e. The van der Waals surface area contributed by atoms with Crippen molar-refractivity contribution >= 4 is 11.6 Å². The van der Waals surface area contributed by atoms with Gasteiger partial charge in [-0.05, 0) is 63.8 Å². The van der Waals surface area contributed by atoms with Crippen molar-refractivity contribution in [1.82, 2.24) is 20.4 Å². The van der Waals surface area contributed by atoms with Crippen molar-refractivity contribution in [2.75, 3.05) is 18.0 Å². The Morgan fingerprint density at radius 1 is 1.07 bits per heavy atom. The van der Waals surface area contributed by atoms with Gasteiger partial charge in [-0.1, -0.05) is 12.8 Å². The Hall–Kier alpha value is -2.34. The lowest BCUT2D eigenvalue weighted by Crippen LogP contribution is -2.43. The zero-order valence-electron chi connectivity index (χ0n) is 18.5. The van der Waals surface area contributed by atoms with Crippen molar-refractivity contribution in [2.45, 2.75) is 70.5 Å². The van der Waals surface area contributed by atoms with Gasteiger partial charge in [-0.2, -0.15) is 5.10 Å². The maximum atomic E-state index is 12.4. The van der Waals surface area contributed by atoms with Crippen molar-refractivity contribution in [3.05, 3.63) is 47.3 Å². The highest BCUT2D eigenvalue weighted by Crippen LogP contribution is 2.24. The summed E-state index contributed by atoms with van der Waals surface area (Å²) >= 11 is 0. The van der Waals surface area contributed by atoms with Gasteiger partial charge in [-0.25, -0.2) is 0 Å². The summed E-state index contributed by atoms with van der Waals surface area (Å²) in [5.74, 6) is 0.0658. The number of carbonyl (C=O) groups is 1. The molecule has 1 saturated carbocycles. The van der Waals surface area contributed by atoms with Crippen LogP contribution in [0.1, 0.15) is 73.1 Å². The van der Waals surface area contributed by atoms with Gasteiger partial charge in [0.05, 0.1) is 5.69 Å². The predicted octanol–water partition coefficient (Wildman–Crippen LogP) is 3.72. The number of nitrogens with one attached hydrogen (secondary N) is 2. The molecule has 1 saturated heterocycles. The predicted molar refractivity (Wildman–Crippen MR) is 121 cm³/mol. The Bertz CT molecular complexity index is 845. The van der Waals surface area contributed by atoms with Crippen molar-refractivity contribution in [2.24, 2.45) is 7.05 Å². The Kier molecular flexibility index (Phi) is 6.42. The first kappa shape index (κ1) is 20.9. The number of benzene rings is 1. The van der Waals surface area contributed by atoms with Crippen LogP contribution in [0.2, 0.25) is 0 Å². The van der Waals surface area contributed by atoms with Crippen LogP contribution in [0.4, 0.5) is 5.69 Å². The van der Waals surface area contributed by atoms with Crippen molar-refractivity contribution in [1.29, 1.82) is 0 Å². The lowest BCUT2D eigenvalue weighted by molar-refractivity contribution is 0.0938. The molecular formula is C24H35N5O. The van der Waals surface area contributed by atoms with Gasteiger partial charge in [0, 0.05) is 61.3 Å². The van der Waals surface area contributed by atoms with Crippen LogP contribution in [0, 0.1) is 6.92 Å². The van der Waals surface area contributed by atoms with Gasteiger partial charge in [0.2, 0.25) is 0 Å². The van der Waals surface area contributed by atoms with Gasteiger partial charge in [-0.15, -0.1) is 0 Å². The zero-order valence-corrected chi connectivity index (χ0v) is 18.5. The maximum absolute atomic E-state index is 12.4. The number of aromatic nitrogens is 2. The molecule has 0 bridgehead atoms. The highest BCUT2D eigenvalue weighted by molar-refractivity contribution is 5.94. The first-order valence-corrected chi connectivity index (χ1v) is 11.4. The van der Waals surface area contributed by atoms with Gasteiger partial charge in [0.1, 0.15) is 0 Å². The first-order valence-electron chi connectivity index (χ1n) is 11.4. The number of hydrogen-bond donors (Lipinski definition) is 2. The fourth-order valence-corrected chi connectivity index (χ4v) is 4.95. The van der Waals surface area contributed by atoms with Crippen LogP contribution in [-0.2, 0) is 7.05 Å². The van der Waals surface area contributed by atoms with Crippen LogP contribution >= 0.6 is 0 Å². The minimum absolute atomic E-state index is 0.0658. The standard InChI is InChI=1S/C24H35N5O/c1-17(23-16-28(3)27-18(23)2)25-21-12-14-29(15-13-21)22-10-8-19(9-11-22)24(30)26-20-6-4-5-7-20/h8-11,16-17,20-21,25H,4-7,12-15H2,1-3H3,(H,26,30). The quantitative estimate of drug-likeness (QED) is 0.763. The summed E-state index contributed by atoms with van der Waals surface area (Å²) in [7, 11) is 1.98. The van der Waals surface area contributed by atoms with E-state index in [2.05, 4.69) is 52.8 Å². The van der Waals surface area contributed by atoms with E-state index in [0.717, 1.165) is 50.0 Å².